The van der Waals surface area contributed by atoms with Gasteiger partial charge in [-0.1, -0.05) is 13.8 Å². The van der Waals surface area contributed by atoms with Crippen LogP contribution >= 0.6 is 0 Å². The molecule has 0 heterocycles. The molecule has 0 aromatic rings. The van der Waals surface area contributed by atoms with Crippen molar-refractivity contribution in [2.45, 2.75) is 58.4 Å². The van der Waals surface area contributed by atoms with Gasteiger partial charge in [0.05, 0.1) is 25.7 Å². The fourth-order valence-corrected chi connectivity index (χ4v) is 2.53. The summed E-state index contributed by atoms with van der Waals surface area (Å²) in [6.07, 6.45) is 2.17. The maximum atomic E-state index is 11.9. The van der Waals surface area contributed by atoms with E-state index in [-0.39, 0.29) is 64.0 Å². The van der Waals surface area contributed by atoms with Gasteiger partial charge in [-0.3, -0.25) is 19.2 Å². The molecular weight excluding hydrogens is 438 g/mol. The van der Waals surface area contributed by atoms with Gasteiger partial charge in [0.2, 0.25) is 17.7 Å². The Balaban J connectivity index is 3.77. The zero-order valence-corrected chi connectivity index (χ0v) is 19.4. The van der Waals surface area contributed by atoms with Crippen LogP contribution in [0.25, 0.3) is 0 Å². The number of hydrogen-bond acceptors (Lipinski definition) is 7. The molecule has 0 fully saturated rings. The summed E-state index contributed by atoms with van der Waals surface area (Å²) >= 11 is 0. The van der Waals surface area contributed by atoms with Crippen LogP contribution in [-0.4, -0.2) is 85.4 Å². The molecule has 0 rings (SSSR count). The van der Waals surface area contributed by atoms with E-state index in [9.17, 15) is 29.1 Å². The van der Waals surface area contributed by atoms with Crippen molar-refractivity contribution in [2.24, 2.45) is 5.92 Å². The van der Waals surface area contributed by atoms with Gasteiger partial charge in [-0.2, -0.15) is 0 Å². The van der Waals surface area contributed by atoms with Crippen molar-refractivity contribution in [1.29, 1.82) is 0 Å². The summed E-state index contributed by atoms with van der Waals surface area (Å²) in [6, 6.07) is -1.03. The van der Waals surface area contributed by atoms with E-state index in [0.717, 1.165) is 0 Å². The van der Waals surface area contributed by atoms with E-state index < -0.39 is 29.8 Å². The number of carboxylic acids is 2. The van der Waals surface area contributed by atoms with Crippen LogP contribution in [0.5, 0.6) is 0 Å². The molecule has 0 radical (unpaired) electrons. The van der Waals surface area contributed by atoms with E-state index in [1.54, 1.807) is 6.92 Å². The smallest absolute Gasteiger partial charge is 0.326 e. The molecule has 0 aliphatic rings. The topological polar surface area (TPSA) is 180 Å². The van der Waals surface area contributed by atoms with Gasteiger partial charge < -0.3 is 35.6 Å². The van der Waals surface area contributed by atoms with Gasteiger partial charge in [0.15, 0.2) is 0 Å². The average Bonchev–Trinajstić information content (AvgIpc) is 2.77. The lowest BCUT2D eigenvalue weighted by Crippen LogP contribution is -2.42. The van der Waals surface area contributed by atoms with Gasteiger partial charge >= 0.3 is 11.9 Å². The van der Waals surface area contributed by atoms with Crippen LogP contribution in [0.4, 0.5) is 0 Å². The summed E-state index contributed by atoms with van der Waals surface area (Å²) in [7, 11) is 0. The quantitative estimate of drug-likeness (QED) is 0.150. The number of hydrogen-bond donors (Lipinski definition) is 5. The Bertz CT molecular complexity index is 628. The highest BCUT2D eigenvalue weighted by molar-refractivity contribution is 5.84. The molecule has 12 nitrogen and oxygen atoms in total. The minimum atomic E-state index is -1.14. The first kappa shape index (κ1) is 30.3. The molecule has 2 unspecified atom stereocenters. The van der Waals surface area contributed by atoms with Gasteiger partial charge in [0.1, 0.15) is 12.6 Å². The number of unbranched alkanes of at least 4 members (excludes halogenated alkanes) is 1. The van der Waals surface area contributed by atoms with Crippen LogP contribution in [0.15, 0.2) is 0 Å². The monoisotopic (exact) mass is 475 g/mol. The fourth-order valence-electron chi connectivity index (χ4n) is 2.53. The van der Waals surface area contributed by atoms with Crippen LogP contribution in [-0.2, 0) is 33.4 Å². The lowest BCUT2D eigenvalue weighted by molar-refractivity contribution is -0.143. The number of carbonyl (C=O) groups is 5. The second kappa shape index (κ2) is 18.8. The molecule has 0 aliphatic carbocycles. The number of carboxylic acid groups (broad SMARTS) is 2. The molecule has 12 heteroatoms. The van der Waals surface area contributed by atoms with Gasteiger partial charge in [-0.25, -0.2) is 4.79 Å². The first-order valence-corrected chi connectivity index (χ1v) is 11.1. The highest BCUT2D eigenvalue weighted by Crippen LogP contribution is 2.05. The minimum Gasteiger partial charge on any atom is -0.481 e. The molecule has 33 heavy (non-hydrogen) atoms. The second-order valence-electron chi connectivity index (χ2n) is 7.45. The van der Waals surface area contributed by atoms with Crippen molar-refractivity contribution >= 4 is 29.7 Å². The SMILES string of the molecule is CCC(=O)NCCCCC(NC(=O)COCCOCCNC(=O)CCC(C)C(=O)O)C(=O)O. The Morgan fingerprint density at radius 1 is 0.788 bits per heavy atom. The van der Waals surface area contributed by atoms with Crippen LogP contribution in [0.1, 0.15) is 52.4 Å². The molecule has 0 saturated heterocycles. The normalized spacial score (nSPS) is 12.4. The van der Waals surface area contributed by atoms with E-state index in [1.807, 2.05) is 0 Å². The maximum Gasteiger partial charge on any atom is 0.326 e. The average molecular weight is 476 g/mol. The second-order valence-corrected chi connectivity index (χ2v) is 7.45. The first-order valence-electron chi connectivity index (χ1n) is 11.1. The number of aliphatic carboxylic acids is 2. The molecule has 0 aromatic heterocycles. The van der Waals surface area contributed by atoms with E-state index in [4.69, 9.17) is 14.6 Å². The largest absolute Gasteiger partial charge is 0.481 e. The molecule has 0 bridgehead atoms. The Morgan fingerprint density at radius 3 is 2.09 bits per heavy atom. The summed E-state index contributed by atoms with van der Waals surface area (Å²) in [5, 5.41) is 25.7. The van der Waals surface area contributed by atoms with E-state index in [0.29, 0.717) is 25.8 Å². The standard InChI is InChI=1S/C21H37N3O9/c1-3-17(25)22-9-5-4-6-16(21(30)31)24-19(27)14-33-13-12-32-11-10-23-18(26)8-7-15(2)20(28)29/h15-16H,3-14H2,1-2H3,(H,22,25)(H,23,26)(H,24,27)(H,28,29)(H,30,31). The highest BCUT2D eigenvalue weighted by atomic mass is 16.5. The summed E-state index contributed by atoms with van der Waals surface area (Å²) in [5.74, 6) is -3.52. The third-order valence-corrected chi connectivity index (χ3v) is 4.60. The van der Waals surface area contributed by atoms with Crippen molar-refractivity contribution in [1.82, 2.24) is 16.0 Å². The highest BCUT2D eigenvalue weighted by Gasteiger charge is 2.19. The summed E-state index contributed by atoms with van der Waals surface area (Å²) in [6.45, 7) is 4.24. The Labute approximate surface area is 193 Å². The maximum absolute atomic E-state index is 11.9. The Kier molecular flexibility index (Phi) is 17.2. The zero-order valence-electron chi connectivity index (χ0n) is 19.4. The molecule has 2 atom stereocenters. The van der Waals surface area contributed by atoms with E-state index in [1.165, 1.54) is 6.92 Å². The summed E-state index contributed by atoms with van der Waals surface area (Å²) < 4.78 is 10.4. The third kappa shape index (κ3) is 17.5. The molecule has 190 valence electrons. The van der Waals surface area contributed by atoms with Crippen molar-refractivity contribution in [3.05, 3.63) is 0 Å². The number of amides is 3. The van der Waals surface area contributed by atoms with Crippen LogP contribution in [0.2, 0.25) is 0 Å². The van der Waals surface area contributed by atoms with Gasteiger partial charge in [-0.15, -0.1) is 0 Å². The fraction of sp³-hybridized carbons (Fsp3) is 0.762. The number of nitrogens with one attached hydrogen (secondary N) is 3. The third-order valence-electron chi connectivity index (χ3n) is 4.60. The molecule has 3 amide bonds. The first-order chi connectivity index (χ1) is 15.7. The Hall–Kier alpha value is -2.73. The molecular formula is C21H37N3O9. The van der Waals surface area contributed by atoms with Crippen molar-refractivity contribution in [2.75, 3.05) is 39.5 Å². The summed E-state index contributed by atoms with van der Waals surface area (Å²) in [4.78, 5) is 56.5. The lowest BCUT2D eigenvalue weighted by atomic mass is 10.1. The number of rotatable bonds is 20. The van der Waals surface area contributed by atoms with Crippen molar-refractivity contribution in [3.63, 3.8) is 0 Å². The predicted octanol–water partition coefficient (Wildman–Crippen LogP) is -0.0974. The molecule has 0 spiro atoms. The minimum absolute atomic E-state index is 0.0633. The number of ether oxygens (including phenoxy) is 2. The van der Waals surface area contributed by atoms with Crippen LogP contribution in [0, 0.1) is 5.92 Å². The van der Waals surface area contributed by atoms with Gasteiger partial charge in [-0.05, 0) is 25.7 Å². The molecule has 0 aromatic carbocycles. The van der Waals surface area contributed by atoms with E-state index >= 15 is 0 Å². The zero-order chi connectivity index (χ0) is 25.1. The van der Waals surface area contributed by atoms with Gasteiger partial charge in [0.25, 0.3) is 0 Å². The number of carbonyl (C=O) groups excluding carboxylic acids is 3. The van der Waals surface area contributed by atoms with Crippen molar-refractivity contribution < 1.29 is 43.7 Å². The van der Waals surface area contributed by atoms with E-state index in [2.05, 4.69) is 16.0 Å². The molecule has 5 N–H and O–H groups in total. The van der Waals surface area contributed by atoms with Crippen LogP contribution in [0.3, 0.4) is 0 Å². The molecule has 0 saturated carbocycles. The van der Waals surface area contributed by atoms with Crippen LogP contribution < -0.4 is 16.0 Å². The lowest BCUT2D eigenvalue weighted by Gasteiger charge is -2.14. The summed E-state index contributed by atoms with van der Waals surface area (Å²) in [5.41, 5.74) is 0. The van der Waals surface area contributed by atoms with Crippen molar-refractivity contribution in [3.8, 4) is 0 Å². The predicted molar refractivity (Wildman–Crippen MR) is 117 cm³/mol. The Morgan fingerprint density at radius 2 is 1.45 bits per heavy atom. The molecule has 0 aliphatic heterocycles. The van der Waals surface area contributed by atoms with Gasteiger partial charge in [0, 0.05) is 25.9 Å².